The van der Waals surface area contributed by atoms with Crippen molar-refractivity contribution in [2.24, 2.45) is 0 Å². The molecule has 0 radical (unpaired) electrons. The molecule has 0 saturated carbocycles. The van der Waals surface area contributed by atoms with Gasteiger partial charge in [0.25, 0.3) is 0 Å². The zero-order valence-electron chi connectivity index (χ0n) is 12.9. The predicted octanol–water partition coefficient (Wildman–Crippen LogP) is 1.12. The van der Waals surface area contributed by atoms with E-state index in [4.69, 9.17) is 4.74 Å². The number of likely N-dealkylation sites (N-methyl/N-ethyl adjacent to an activating group) is 1. The monoisotopic (exact) mass is 310 g/mol. The lowest BCUT2D eigenvalue weighted by Gasteiger charge is -2.31. The summed E-state index contributed by atoms with van der Waals surface area (Å²) in [5.74, 6) is 0.407. The minimum Gasteiger partial charge on any atom is -0.492 e. The van der Waals surface area contributed by atoms with E-state index in [1.54, 1.807) is 17.0 Å². The summed E-state index contributed by atoms with van der Waals surface area (Å²) < 4.78 is 18.3. The van der Waals surface area contributed by atoms with Crippen LogP contribution in [0.5, 0.6) is 5.75 Å². The van der Waals surface area contributed by atoms with Crippen molar-refractivity contribution >= 4 is 5.91 Å². The Hall–Kier alpha value is -1.66. The van der Waals surface area contributed by atoms with Crippen LogP contribution in [0.25, 0.3) is 0 Å². The number of rotatable bonds is 6. The third kappa shape index (κ3) is 5.27. The molecule has 0 atom stereocenters. The fourth-order valence-electron chi connectivity index (χ4n) is 2.38. The molecule has 1 N–H and O–H groups in total. The Balaban J connectivity index is 1.65. The highest BCUT2D eigenvalue weighted by molar-refractivity contribution is 5.78. The van der Waals surface area contributed by atoms with E-state index in [9.17, 15) is 14.3 Å². The molecule has 22 heavy (non-hydrogen) atoms. The quantitative estimate of drug-likeness (QED) is 0.855. The highest BCUT2D eigenvalue weighted by atomic mass is 19.1. The van der Waals surface area contributed by atoms with Gasteiger partial charge in [-0.3, -0.25) is 9.69 Å². The van der Waals surface area contributed by atoms with Crippen LogP contribution in [0, 0.1) is 5.82 Å². The molecular weight excluding hydrogens is 287 g/mol. The van der Waals surface area contributed by atoms with Gasteiger partial charge >= 0.3 is 0 Å². The van der Waals surface area contributed by atoms with Gasteiger partial charge in [0.05, 0.1) is 12.6 Å². The molecule has 1 fully saturated rings. The number of likely N-dealkylation sites (tertiary alicyclic amines) is 1. The summed E-state index contributed by atoms with van der Waals surface area (Å²) in [5.41, 5.74) is 0. The maximum absolute atomic E-state index is 12.8. The number of hydrogen-bond donors (Lipinski definition) is 1. The molecule has 1 aliphatic rings. The normalized spacial score (nSPS) is 16.1. The van der Waals surface area contributed by atoms with Crippen LogP contribution in [-0.4, -0.2) is 66.8 Å². The van der Waals surface area contributed by atoms with E-state index in [1.807, 2.05) is 11.9 Å². The van der Waals surface area contributed by atoms with Crippen molar-refractivity contribution in [3.8, 4) is 5.75 Å². The number of hydrogen-bond acceptors (Lipinski definition) is 4. The van der Waals surface area contributed by atoms with Crippen LogP contribution in [0.15, 0.2) is 24.3 Å². The molecule has 0 spiro atoms. The summed E-state index contributed by atoms with van der Waals surface area (Å²) in [6.45, 7) is 2.64. The van der Waals surface area contributed by atoms with Gasteiger partial charge in [0.1, 0.15) is 18.2 Å². The average Bonchev–Trinajstić information content (AvgIpc) is 2.50. The molecule has 1 aliphatic heterocycles. The molecule has 1 heterocycles. The first-order valence-electron chi connectivity index (χ1n) is 7.57. The molecule has 1 aromatic carbocycles. The van der Waals surface area contributed by atoms with E-state index in [-0.39, 0.29) is 17.8 Å². The molecule has 6 heteroatoms. The zero-order chi connectivity index (χ0) is 15.9. The average molecular weight is 310 g/mol. The number of aliphatic hydroxyl groups is 1. The van der Waals surface area contributed by atoms with Gasteiger partial charge < -0.3 is 14.7 Å². The maximum Gasteiger partial charge on any atom is 0.236 e. The highest BCUT2D eigenvalue weighted by Crippen LogP contribution is 2.11. The van der Waals surface area contributed by atoms with E-state index >= 15 is 0 Å². The second-order valence-electron chi connectivity index (χ2n) is 5.65. The van der Waals surface area contributed by atoms with E-state index in [0.717, 1.165) is 0 Å². The van der Waals surface area contributed by atoms with Gasteiger partial charge in [0.2, 0.25) is 5.91 Å². The number of benzene rings is 1. The van der Waals surface area contributed by atoms with Gasteiger partial charge in [0, 0.05) is 19.6 Å². The second-order valence-corrected chi connectivity index (χ2v) is 5.65. The van der Waals surface area contributed by atoms with Crippen LogP contribution in [0.4, 0.5) is 4.39 Å². The molecule has 0 unspecified atom stereocenters. The number of halogens is 1. The first kappa shape index (κ1) is 16.7. The molecule has 5 nitrogen and oxygen atoms in total. The van der Waals surface area contributed by atoms with E-state index in [0.29, 0.717) is 51.4 Å². The van der Waals surface area contributed by atoms with Crippen LogP contribution in [0.3, 0.4) is 0 Å². The number of aliphatic hydroxyl groups excluding tert-OH is 1. The van der Waals surface area contributed by atoms with Crippen LogP contribution in [-0.2, 0) is 4.79 Å². The molecule has 0 aromatic heterocycles. The largest absolute Gasteiger partial charge is 0.492 e. The Labute approximate surface area is 130 Å². The van der Waals surface area contributed by atoms with Crippen molar-refractivity contribution in [3.63, 3.8) is 0 Å². The second kappa shape index (κ2) is 8.10. The third-order valence-corrected chi connectivity index (χ3v) is 3.78. The Morgan fingerprint density at radius 1 is 1.36 bits per heavy atom. The van der Waals surface area contributed by atoms with Gasteiger partial charge in [-0.05, 0) is 44.2 Å². The van der Waals surface area contributed by atoms with Crippen LogP contribution in [0.2, 0.25) is 0 Å². The summed E-state index contributed by atoms with van der Waals surface area (Å²) in [6, 6.07) is 5.87. The van der Waals surface area contributed by atoms with Crippen molar-refractivity contribution in [3.05, 3.63) is 30.1 Å². The van der Waals surface area contributed by atoms with E-state index in [1.165, 1.54) is 12.1 Å². The third-order valence-electron chi connectivity index (χ3n) is 3.78. The number of piperidine rings is 1. The van der Waals surface area contributed by atoms with Crippen molar-refractivity contribution < 1.29 is 19.0 Å². The van der Waals surface area contributed by atoms with Gasteiger partial charge in [0.15, 0.2) is 0 Å². The minimum absolute atomic E-state index is 0.0798. The SMILES string of the molecule is CN(CCOc1ccc(F)cc1)CC(=O)N1CCC(O)CC1. The predicted molar refractivity (Wildman–Crippen MR) is 81.2 cm³/mol. The summed E-state index contributed by atoms with van der Waals surface area (Å²) in [5, 5.41) is 9.44. The number of ether oxygens (including phenoxy) is 1. The molecule has 1 saturated heterocycles. The summed E-state index contributed by atoms with van der Waals surface area (Å²) in [6.07, 6.45) is 1.04. The van der Waals surface area contributed by atoms with Gasteiger partial charge in [-0.1, -0.05) is 0 Å². The van der Waals surface area contributed by atoms with Gasteiger partial charge in [-0.25, -0.2) is 4.39 Å². The lowest BCUT2D eigenvalue weighted by atomic mass is 10.1. The molecule has 1 amide bonds. The summed E-state index contributed by atoms with van der Waals surface area (Å²) in [7, 11) is 1.87. The van der Waals surface area contributed by atoms with Gasteiger partial charge in [-0.15, -0.1) is 0 Å². The number of nitrogens with zero attached hydrogens (tertiary/aromatic N) is 2. The topological polar surface area (TPSA) is 53.0 Å². The standard InChI is InChI=1S/C16H23FN2O3/c1-18(10-11-22-15-4-2-13(17)3-5-15)12-16(21)19-8-6-14(20)7-9-19/h2-5,14,20H,6-12H2,1H3. The maximum atomic E-state index is 12.8. The van der Waals surface area contributed by atoms with Gasteiger partial charge in [-0.2, -0.15) is 0 Å². The Morgan fingerprint density at radius 3 is 2.64 bits per heavy atom. The van der Waals surface area contributed by atoms with Crippen LogP contribution in [0.1, 0.15) is 12.8 Å². The Bertz CT molecular complexity index is 473. The molecule has 1 aromatic rings. The van der Waals surface area contributed by atoms with Crippen molar-refractivity contribution in [2.45, 2.75) is 18.9 Å². The lowest BCUT2D eigenvalue weighted by molar-refractivity contribution is -0.134. The molecule has 0 bridgehead atoms. The van der Waals surface area contributed by atoms with Crippen molar-refractivity contribution in [1.29, 1.82) is 0 Å². The zero-order valence-corrected chi connectivity index (χ0v) is 12.9. The fourth-order valence-corrected chi connectivity index (χ4v) is 2.38. The molecule has 122 valence electrons. The number of carbonyl (C=O) groups excluding carboxylic acids is 1. The van der Waals surface area contributed by atoms with Crippen LogP contribution >= 0.6 is 0 Å². The summed E-state index contributed by atoms with van der Waals surface area (Å²) in [4.78, 5) is 15.8. The number of carbonyl (C=O) groups is 1. The Morgan fingerprint density at radius 2 is 2.00 bits per heavy atom. The number of amides is 1. The van der Waals surface area contributed by atoms with E-state index in [2.05, 4.69) is 0 Å². The molecule has 2 rings (SSSR count). The highest BCUT2D eigenvalue weighted by Gasteiger charge is 2.21. The van der Waals surface area contributed by atoms with Crippen molar-refractivity contribution in [2.75, 3.05) is 39.8 Å². The van der Waals surface area contributed by atoms with Crippen molar-refractivity contribution in [1.82, 2.24) is 9.80 Å². The lowest BCUT2D eigenvalue weighted by Crippen LogP contribution is -2.44. The first-order chi connectivity index (χ1) is 10.5. The van der Waals surface area contributed by atoms with Crippen LogP contribution < -0.4 is 4.74 Å². The minimum atomic E-state index is -0.290. The Kier molecular flexibility index (Phi) is 6.15. The fraction of sp³-hybridized carbons (Fsp3) is 0.562. The first-order valence-corrected chi connectivity index (χ1v) is 7.57. The molecular formula is C16H23FN2O3. The van der Waals surface area contributed by atoms with E-state index < -0.39 is 0 Å². The summed E-state index contributed by atoms with van der Waals surface area (Å²) >= 11 is 0. The molecule has 0 aliphatic carbocycles. The smallest absolute Gasteiger partial charge is 0.236 e.